The summed E-state index contributed by atoms with van der Waals surface area (Å²) in [5, 5.41) is 9.85. The molecule has 1 amide bonds. The van der Waals surface area contributed by atoms with Gasteiger partial charge < -0.3 is 0 Å². The lowest BCUT2D eigenvalue weighted by Crippen LogP contribution is -2.34. The normalized spacial score (nSPS) is 10.6. The van der Waals surface area contributed by atoms with Crippen LogP contribution in [0, 0.1) is 13.8 Å². The van der Waals surface area contributed by atoms with E-state index < -0.39 is 5.91 Å². The molecule has 0 unspecified atom stereocenters. The molecule has 112 valence electrons. The maximum atomic E-state index is 12.0. The quantitative estimate of drug-likeness (QED) is 0.340. The summed E-state index contributed by atoms with van der Waals surface area (Å²) in [5.41, 5.74) is 2.23. The van der Waals surface area contributed by atoms with Crippen LogP contribution >= 0.6 is 0 Å². The highest BCUT2D eigenvalue weighted by Crippen LogP contribution is 1.94. The van der Waals surface area contributed by atoms with Crippen LogP contribution in [0.5, 0.6) is 0 Å². The van der Waals surface area contributed by atoms with Crippen LogP contribution in [0.2, 0.25) is 0 Å². The molecule has 10 nitrogen and oxygen atoms in total. The zero-order valence-corrected chi connectivity index (χ0v) is 11.6. The molecule has 0 bridgehead atoms. The van der Waals surface area contributed by atoms with Crippen molar-refractivity contribution in [1.29, 1.82) is 0 Å². The minimum Gasteiger partial charge on any atom is -0.289 e. The maximum absolute atomic E-state index is 12.0. The van der Waals surface area contributed by atoms with Crippen LogP contribution < -0.4 is 22.4 Å². The second-order valence-corrected chi connectivity index (χ2v) is 4.49. The number of carbonyl (C=O) groups is 1. The molecule has 4 N–H and O–H groups in total. The molecule has 21 heavy (non-hydrogen) atoms. The monoisotopic (exact) mass is 293 g/mol. The Morgan fingerprint density at radius 2 is 2.05 bits per heavy atom. The zero-order chi connectivity index (χ0) is 15.6. The van der Waals surface area contributed by atoms with Crippen LogP contribution in [-0.2, 0) is 13.1 Å². The highest BCUT2D eigenvalue weighted by Gasteiger charge is 2.10. The number of nitrogen functional groups attached to an aromatic ring is 1. The van der Waals surface area contributed by atoms with Gasteiger partial charge in [0.2, 0.25) is 0 Å². The summed E-state index contributed by atoms with van der Waals surface area (Å²) in [4.78, 5) is 34.9. The van der Waals surface area contributed by atoms with Gasteiger partial charge >= 0.3 is 0 Å². The summed E-state index contributed by atoms with van der Waals surface area (Å²) in [6, 6.07) is 0. The number of amides is 1. The molecule has 10 heteroatoms. The van der Waals surface area contributed by atoms with E-state index in [0.717, 1.165) is 0 Å². The second kappa shape index (κ2) is 5.71. The maximum Gasteiger partial charge on any atom is 0.287 e. The molecule has 2 rings (SSSR count). The summed E-state index contributed by atoms with van der Waals surface area (Å²) >= 11 is 0. The summed E-state index contributed by atoms with van der Waals surface area (Å²) < 4.78 is 2.58. The number of hydrogen-bond donors (Lipinski definition) is 3. The van der Waals surface area contributed by atoms with Gasteiger partial charge in [-0.2, -0.15) is 0 Å². The summed E-state index contributed by atoms with van der Waals surface area (Å²) in [7, 11) is 0. The minimum atomic E-state index is -0.557. The average Bonchev–Trinajstić information content (AvgIpc) is 2.95. The number of nitrogens with one attached hydrogen (secondary N) is 2. The van der Waals surface area contributed by atoms with Gasteiger partial charge in [0.05, 0.1) is 19.3 Å². The number of nitrogens with two attached hydrogens (primary N) is 1. The molecule has 0 spiro atoms. The van der Waals surface area contributed by atoms with Crippen LogP contribution in [0.25, 0.3) is 0 Å². The standard InChI is InChI=1S/C11H15N7O3/c1-6-7(2)11(21)18(15-9(6)19)4-3-17-5-8(14-16-17)10(20)13-12/h5H,3-4,12H2,1-2H3,(H,13,20)(H,15,19). The SMILES string of the molecule is Cc1c(C)c(=O)n(CCn2cc(C(=O)NN)nn2)[nH]c1=O. The Balaban J connectivity index is 2.17. The van der Waals surface area contributed by atoms with Crippen LogP contribution in [0.4, 0.5) is 0 Å². The topological polar surface area (TPSA) is 141 Å². The first-order valence-electron chi connectivity index (χ1n) is 6.15. The molecule has 0 fully saturated rings. The van der Waals surface area contributed by atoms with Crippen molar-refractivity contribution < 1.29 is 4.79 Å². The summed E-state index contributed by atoms with van der Waals surface area (Å²) in [6.45, 7) is 3.66. The molecule has 0 aliphatic carbocycles. The van der Waals surface area contributed by atoms with Crippen molar-refractivity contribution in [1.82, 2.24) is 30.2 Å². The molecule has 0 radical (unpaired) electrons. The number of hydrazine groups is 1. The van der Waals surface area contributed by atoms with E-state index in [9.17, 15) is 14.4 Å². The van der Waals surface area contributed by atoms with Crippen molar-refractivity contribution >= 4 is 5.91 Å². The van der Waals surface area contributed by atoms with E-state index in [-0.39, 0.29) is 29.9 Å². The fraction of sp³-hybridized carbons (Fsp3) is 0.364. The van der Waals surface area contributed by atoms with E-state index in [1.807, 2.05) is 5.43 Å². The third kappa shape index (κ3) is 2.89. The van der Waals surface area contributed by atoms with Crippen LogP contribution in [0.3, 0.4) is 0 Å². The number of carbonyl (C=O) groups excluding carboxylic acids is 1. The first-order valence-corrected chi connectivity index (χ1v) is 6.15. The van der Waals surface area contributed by atoms with E-state index in [4.69, 9.17) is 5.84 Å². The molecule has 2 aromatic rings. The first kappa shape index (κ1) is 14.7. The van der Waals surface area contributed by atoms with Gasteiger partial charge in [-0.3, -0.25) is 24.9 Å². The van der Waals surface area contributed by atoms with Crippen molar-refractivity contribution in [2.24, 2.45) is 5.84 Å². The summed E-state index contributed by atoms with van der Waals surface area (Å²) in [5.74, 6) is 4.43. The second-order valence-electron chi connectivity index (χ2n) is 4.49. The van der Waals surface area contributed by atoms with E-state index in [2.05, 4.69) is 15.4 Å². The van der Waals surface area contributed by atoms with E-state index in [0.29, 0.717) is 11.1 Å². The van der Waals surface area contributed by atoms with E-state index >= 15 is 0 Å². The summed E-state index contributed by atoms with van der Waals surface area (Å²) in [6.07, 6.45) is 1.40. The molecular weight excluding hydrogens is 278 g/mol. The van der Waals surface area contributed by atoms with Gasteiger partial charge in [0.25, 0.3) is 17.0 Å². The number of nitrogens with zero attached hydrogens (tertiary/aromatic N) is 4. The van der Waals surface area contributed by atoms with Crippen LogP contribution in [0.15, 0.2) is 15.8 Å². The highest BCUT2D eigenvalue weighted by molar-refractivity contribution is 5.91. The molecule has 0 saturated heterocycles. The van der Waals surface area contributed by atoms with Gasteiger partial charge in [0.15, 0.2) is 5.69 Å². The smallest absolute Gasteiger partial charge is 0.287 e. The molecule has 2 heterocycles. The fourth-order valence-corrected chi connectivity index (χ4v) is 1.74. The van der Waals surface area contributed by atoms with Crippen molar-refractivity contribution in [2.75, 3.05) is 0 Å². The van der Waals surface area contributed by atoms with Gasteiger partial charge in [0, 0.05) is 11.1 Å². The molecule has 0 aromatic carbocycles. The number of aromatic amines is 1. The molecule has 0 saturated carbocycles. The molecule has 0 atom stereocenters. The zero-order valence-electron chi connectivity index (χ0n) is 11.6. The third-order valence-corrected chi connectivity index (χ3v) is 3.16. The Morgan fingerprint density at radius 1 is 1.33 bits per heavy atom. The van der Waals surface area contributed by atoms with Gasteiger partial charge in [-0.15, -0.1) is 5.10 Å². The van der Waals surface area contributed by atoms with Crippen LogP contribution in [0.1, 0.15) is 21.6 Å². The lowest BCUT2D eigenvalue weighted by atomic mass is 10.2. The number of rotatable bonds is 4. The third-order valence-electron chi connectivity index (χ3n) is 3.16. The number of aryl methyl sites for hydroxylation is 2. The van der Waals surface area contributed by atoms with Gasteiger partial charge in [-0.05, 0) is 13.8 Å². The largest absolute Gasteiger partial charge is 0.289 e. The van der Waals surface area contributed by atoms with Gasteiger partial charge in [0.1, 0.15) is 0 Å². The Labute approximate surface area is 118 Å². The Bertz CT molecular complexity index is 786. The average molecular weight is 293 g/mol. The number of aromatic nitrogens is 5. The van der Waals surface area contributed by atoms with Crippen LogP contribution in [-0.4, -0.2) is 30.7 Å². The van der Waals surface area contributed by atoms with E-state index in [1.54, 1.807) is 13.8 Å². The predicted octanol–water partition coefficient (Wildman–Crippen LogP) is -1.95. The minimum absolute atomic E-state index is 0.0680. The molecule has 0 aliphatic heterocycles. The first-order chi connectivity index (χ1) is 9.93. The Hall–Kier alpha value is -2.75. The lowest BCUT2D eigenvalue weighted by Gasteiger charge is -2.07. The van der Waals surface area contributed by atoms with Crippen molar-refractivity contribution in [3.05, 3.63) is 43.7 Å². The molecular formula is C11H15N7O3. The van der Waals surface area contributed by atoms with E-state index in [1.165, 1.54) is 15.6 Å². The van der Waals surface area contributed by atoms with Crippen molar-refractivity contribution in [3.8, 4) is 0 Å². The van der Waals surface area contributed by atoms with Crippen molar-refractivity contribution in [2.45, 2.75) is 26.9 Å². The van der Waals surface area contributed by atoms with Gasteiger partial charge in [-0.25, -0.2) is 15.2 Å². The number of H-pyrrole nitrogens is 1. The predicted molar refractivity (Wildman–Crippen MR) is 72.5 cm³/mol. The number of hydrogen-bond acceptors (Lipinski definition) is 6. The Morgan fingerprint density at radius 3 is 2.71 bits per heavy atom. The lowest BCUT2D eigenvalue weighted by molar-refractivity contribution is 0.0948. The van der Waals surface area contributed by atoms with Crippen molar-refractivity contribution in [3.63, 3.8) is 0 Å². The molecule has 0 aliphatic rings. The molecule has 2 aromatic heterocycles. The van der Waals surface area contributed by atoms with Gasteiger partial charge in [-0.1, -0.05) is 5.21 Å². The Kier molecular flexibility index (Phi) is 3.98. The highest BCUT2D eigenvalue weighted by atomic mass is 16.2. The fourth-order valence-electron chi connectivity index (χ4n) is 1.74.